The molecule has 2 nitrogen and oxygen atoms in total. The maximum atomic E-state index is 13.2. The summed E-state index contributed by atoms with van der Waals surface area (Å²) in [6, 6.07) is 12.1. The Hall–Kier alpha value is -2.31. The molecule has 0 radical (unpaired) electrons. The molecule has 0 unspecified atom stereocenters. The van der Waals surface area contributed by atoms with Crippen LogP contribution >= 0.6 is 0 Å². The first kappa shape index (κ1) is 14.1. The second-order valence-corrected chi connectivity index (χ2v) is 4.32. The molecule has 0 atom stereocenters. The van der Waals surface area contributed by atoms with E-state index in [0.29, 0.717) is 17.9 Å². The summed E-state index contributed by atoms with van der Waals surface area (Å²) in [5.74, 6) is 5.32. The van der Waals surface area contributed by atoms with E-state index in [9.17, 15) is 4.39 Å². The highest BCUT2D eigenvalue weighted by Gasteiger charge is 2.05. The van der Waals surface area contributed by atoms with E-state index in [1.165, 1.54) is 12.1 Å². The van der Waals surface area contributed by atoms with Gasteiger partial charge < -0.3 is 9.84 Å². The summed E-state index contributed by atoms with van der Waals surface area (Å²) in [7, 11) is 0. The van der Waals surface area contributed by atoms with Crippen LogP contribution in [0.1, 0.15) is 16.7 Å². The van der Waals surface area contributed by atoms with Gasteiger partial charge in [0.25, 0.3) is 0 Å². The predicted octanol–water partition coefficient (Wildman–Crippen LogP) is 3.06. The van der Waals surface area contributed by atoms with Crippen LogP contribution < -0.4 is 4.74 Å². The van der Waals surface area contributed by atoms with Crippen LogP contribution in [0.5, 0.6) is 5.75 Å². The number of hydrogen-bond acceptors (Lipinski definition) is 2. The van der Waals surface area contributed by atoms with Gasteiger partial charge in [0, 0.05) is 0 Å². The van der Waals surface area contributed by atoms with Gasteiger partial charge in [0.15, 0.2) is 0 Å². The average Bonchev–Trinajstić information content (AvgIpc) is 2.45. The third kappa shape index (κ3) is 3.59. The Balaban J connectivity index is 2.19. The lowest BCUT2D eigenvalue weighted by molar-refractivity contribution is 0.304. The van der Waals surface area contributed by atoms with Gasteiger partial charge in [0.2, 0.25) is 0 Å². The van der Waals surface area contributed by atoms with E-state index in [-0.39, 0.29) is 12.4 Å². The number of aryl methyl sites for hydroxylation is 1. The standard InChI is InChI=1S/C17H15FO2/c1-13-5-2-3-6-15(13)12-20-17-9-8-16(18)11-14(17)7-4-10-19/h2-3,5-6,8-9,11,19H,10,12H2,1H3. The number of halogens is 1. The lowest BCUT2D eigenvalue weighted by Crippen LogP contribution is -1.99. The van der Waals surface area contributed by atoms with E-state index in [0.717, 1.165) is 11.1 Å². The molecule has 0 saturated carbocycles. The van der Waals surface area contributed by atoms with E-state index in [1.807, 2.05) is 31.2 Å². The lowest BCUT2D eigenvalue weighted by Gasteiger charge is -2.10. The molecule has 0 heterocycles. The molecule has 0 aliphatic heterocycles. The number of ether oxygens (including phenoxy) is 1. The van der Waals surface area contributed by atoms with Crippen molar-refractivity contribution < 1.29 is 14.2 Å². The first-order valence-electron chi connectivity index (χ1n) is 6.27. The van der Waals surface area contributed by atoms with Crippen molar-refractivity contribution in [2.45, 2.75) is 13.5 Å². The molecule has 0 aliphatic carbocycles. The molecule has 2 aromatic rings. The summed E-state index contributed by atoms with van der Waals surface area (Å²) in [5, 5.41) is 8.72. The first-order chi connectivity index (χ1) is 9.70. The van der Waals surface area contributed by atoms with Crippen molar-refractivity contribution >= 4 is 0 Å². The van der Waals surface area contributed by atoms with Crippen molar-refractivity contribution in [3.05, 3.63) is 65.0 Å². The van der Waals surface area contributed by atoms with E-state index < -0.39 is 0 Å². The molecule has 0 saturated heterocycles. The van der Waals surface area contributed by atoms with Gasteiger partial charge in [-0.05, 0) is 36.2 Å². The van der Waals surface area contributed by atoms with E-state index in [2.05, 4.69) is 11.8 Å². The highest BCUT2D eigenvalue weighted by molar-refractivity contribution is 5.46. The molecule has 0 amide bonds. The highest BCUT2D eigenvalue weighted by Crippen LogP contribution is 2.20. The largest absolute Gasteiger partial charge is 0.488 e. The van der Waals surface area contributed by atoms with Crippen LogP contribution in [0.15, 0.2) is 42.5 Å². The zero-order valence-electron chi connectivity index (χ0n) is 11.2. The second-order valence-electron chi connectivity index (χ2n) is 4.32. The van der Waals surface area contributed by atoms with Crippen molar-refractivity contribution in [2.24, 2.45) is 0 Å². The SMILES string of the molecule is Cc1ccccc1COc1ccc(F)cc1C#CCO. The highest BCUT2D eigenvalue weighted by atomic mass is 19.1. The molecule has 0 aromatic heterocycles. The van der Waals surface area contributed by atoms with Crippen LogP contribution in [-0.4, -0.2) is 11.7 Å². The third-order valence-corrected chi connectivity index (χ3v) is 2.89. The fraction of sp³-hybridized carbons (Fsp3) is 0.176. The van der Waals surface area contributed by atoms with Crippen molar-refractivity contribution in [3.63, 3.8) is 0 Å². The third-order valence-electron chi connectivity index (χ3n) is 2.89. The Bertz CT molecular complexity index is 654. The van der Waals surface area contributed by atoms with Gasteiger partial charge in [-0.1, -0.05) is 36.1 Å². The summed E-state index contributed by atoms with van der Waals surface area (Å²) in [5.41, 5.74) is 2.64. The summed E-state index contributed by atoms with van der Waals surface area (Å²) in [6.07, 6.45) is 0. The Labute approximate surface area is 117 Å². The fourth-order valence-electron chi connectivity index (χ4n) is 1.79. The van der Waals surface area contributed by atoms with Crippen LogP contribution in [0, 0.1) is 24.6 Å². The fourth-order valence-corrected chi connectivity index (χ4v) is 1.79. The Morgan fingerprint density at radius 2 is 2.00 bits per heavy atom. The Morgan fingerprint density at radius 1 is 1.20 bits per heavy atom. The molecule has 2 rings (SSSR count). The molecule has 3 heteroatoms. The maximum Gasteiger partial charge on any atom is 0.135 e. The normalized spacial score (nSPS) is 9.75. The Morgan fingerprint density at radius 3 is 2.75 bits per heavy atom. The van der Waals surface area contributed by atoms with Gasteiger partial charge in [-0.25, -0.2) is 4.39 Å². The lowest BCUT2D eigenvalue weighted by atomic mass is 10.1. The van der Waals surface area contributed by atoms with E-state index in [1.54, 1.807) is 6.07 Å². The molecule has 0 spiro atoms. The molecular formula is C17H15FO2. The first-order valence-corrected chi connectivity index (χ1v) is 6.27. The van der Waals surface area contributed by atoms with E-state index in [4.69, 9.17) is 9.84 Å². The van der Waals surface area contributed by atoms with Crippen molar-refractivity contribution in [2.75, 3.05) is 6.61 Å². The zero-order chi connectivity index (χ0) is 14.4. The summed E-state index contributed by atoms with van der Waals surface area (Å²) >= 11 is 0. The molecule has 102 valence electrons. The number of rotatable bonds is 3. The van der Waals surface area contributed by atoms with Crippen LogP contribution in [0.2, 0.25) is 0 Å². The summed E-state index contributed by atoms with van der Waals surface area (Å²) in [4.78, 5) is 0. The van der Waals surface area contributed by atoms with Crippen LogP contribution in [-0.2, 0) is 6.61 Å². The minimum absolute atomic E-state index is 0.270. The average molecular weight is 270 g/mol. The molecule has 1 N–H and O–H groups in total. The van der Waals surface area contributed by atoms with E-state index >= 15 is 0 Å². The van der Waals surface area contributed by atoms with Crippen molar-refractivity contribution in [3.8, 4) is 17.6 Å². The van der Waals surface area contributed by atoms with Crippen molar-refractivity contribution in [1.29, 1.82) is 0 Å². The zero-order valence-corrected chi connectivity index (χ0v) is 11.2. The van der Waals surface area contributed by atoms with Gasteiger partial charge in [-0.15, -0.1) is 0 Å². The minimum Gasteiger partial charge on any atom is -0.488 e. The monoisotopic (exact) mass is 270 g/mol. The number of benzene rings is 2. The maximum absolute atomic E-state index is 13.2. The van der Waals surface area contributed by atoms with Gasteiger partial charge in [-0.3, -0.25) is 0 Å². The van der Waals surface area contributed by atoms with Gasteiger partial charge in [0.1, 0.15) is 24.8 Å². The molecular weight excluding hydrogens is 255 g/mol. The number of aliphatic hydroxyl groups is 1. The van der Waals surface area contributed by atoms with Crippen LogP contribution in [0.3, 0.4) is 0 Å². The predicted molar refractivity (Wildman–Crippen MR) is 75.9 cm³/mol. The molecule has 0 bridgehead atoms. The van der Waals surface area contributed by atoms with Gasteiger partial charge in [-0.2, -0.15) is 0 Å². The summed E-state index contributed by atoms with van der Waals surface area (Å²) < 4.78 is 18.9. The van der Waals surface area contributed by atoms with Crippen LogP contribution in [0.4, 0.5) is 4.39 Å². The topological polar surface area (TPSA) is 29.5 Å². The van der Waals surface area contributed by atoms with Crippen molar-refractivity contribution in [1.82, 2.24) is 0 Å². The number of aliphatic hydroxyl groups excluding tert-OH is 1. The van der Waals surface area contributed by atoms with Gasteiger partial charge >= 0.3 is 0 Å². The quantitative estimate of drug-likeness (QED) is 0.869. The minimum atomic E-state index is -0.379. The van der Waals surface area contributed by atoms with Crippen LogP contribution in [0.25, 0.3) is 0 Å². The smallest absolute Gasteiger partial charge is 0.135 e. The molecule has 2 aromatic carbocycles. The van der Waals surface area contributed by atoms with Gasteiger partial charge in [0.05, 0.1) is 5.56 Å². The molecule has 0 fully saturated rings. The second kappa shape index (κ2) is 6.74. The summed E-state index contributed by atoms with van der Waals surface area (Å²) in [6.45, 7) is 2.13. The molecule has 20 heavy (non-hydrogen) atoms. The molecule has 0 aliphatic rings. The Kier molecular flexibility index (Phi) is 4.75. The number of hydrogen-bond donors (Lipinski definition) is 1.